The number of hydrogen-bond donors (Lipinski definition) is 0. The highest BCUT2D eigenvalue weighted by molar-refractivity contribution is 9.10. The molecule has 8 heteroatoms. The van der Waals surface area contributed by atoms with E-state index in [0.717, 1.165) is 32.4 Å². The summed E-state index contributed by atoms with van der Waals surface area (Å²) in [7, 11) is 0. The molecule has 0 bridgehead atoms. The second-order valence-electron chi connectivity index (χ2n) is 6.52. The molecule has 0 saturated carbocycles. The van der Waals surface area contributed by atoms with Crippen molar-refractivity contribution in [1.29, 1.82) is 0 Å². The number of nitrogens with zero attached hydrogens (tertiary/aromatic N) is 3. The first-order chi connectivity index (χ1) is 14.5. The molecular weight excluding hydrogens is 502 g/mol. The van der Waals surface area contributed by atoms with Gasteiger partial charge in [-0.3, -0.25) is 9.69 Å². The third kappa shape index (κ3) is 4.35. The summed E-state index contributed by atoms with van der Waals surface area (Å²) in [5.41, 5.74) is 1.93. The lowest BCUT2D eigenvalue weighted by Crippen LogP contribution is -2.28. The summed E-state index contributed by atoms with van der Waals surface area (Å²) in [6.45, 7) is 5.47. The number of benzene rings is 2. The van der Waals surface area contributed by atoms with E-state index in [4.69, 9.17) is 11.6 Å². The maximum absolute atomic E-state index is 12.9. The molecule has 2 aromatic carbocycles. The monoisotopic (exact) mass is 519 g/mol. The number of amidine groups is 1. The van der Waals surface area contributed by atoms with Gasteiger partial charge in [0, 0.05) is 27.5 Å². The molecular formula is C22H19BrClN3OS2. The fraction of sp³-hybridized carbons (Fsp3) is 0.182. The number of aliphatic imine (C=N–C) groups is 1. The Hall–Kier alpha value is -1.67. The van der Waals surface area contributed by atoms with Crippen LogP contribution in [0.15, 0.2) is 78.9 Å². The van der Waals surface area contributed by atoms with Crippen LogP contribution in [0, 0.1) is 0 Å². The van der Waals surface area contributed by atoms with E-state index in [2.05, 4.69) is 32.7 Å². The number of rotatable bonds is 4. The molecule has 1 saturated heterocycles. The Kier molecular flexibility index (Phi) is 6.63. The quantitative estimate of drug-likeness (QED) is 0.405. The van der Waals surface area contributed by atoms with Crippen molar-refractivity contribution >= 4 is 73.5 Å². The zero-order valence-electron chi connectivity index (χ0n) is 16.4. The molecule has 154 valence electrons. The summed E-state index contributed by atoms with van der Waals surface area (Å²) >= 11 is 12.7. The zero-order valence-corrected chi connectivity index (χ0v) is 20.4. The first kappa shape index (κ1) is 21.6. The molecule has 2 heterocycles. The molecule has 4 rings (SSSR count). The normalized spacial score (nSPS) is 20.1. The van der Waals surface area contributed by atoms with Crippen molar-refractivity contribution in [1.82, 2.24) is 4.90 Å². The fourth-order valence-corrected chi connectivity index (χ4v) is 5.72. The average Bonchev–Trinajstić information content (AvgIpc) is 3.23. The molecule has 2 aromatic rings. The van der Waals surface area contributed by atoms with Crippen LogP contribution in [0.5, 0.6) is 0 Å². The van der Waals surface area contributed by atoms with Crippen LogP contribution in [-0.2, 0) is 4.79 Å². The number of hydrogen-bond acceptors (Lipinski definition) is 5. The van der Waals surface area contributed by atoms with E-state index in [1.165, 1.54) is 16.7 Å². The SMILES string of the molecule is CCN1C(=O)C(=CC=C2Sc3ccc(Cl)cc3N2CC)SC1=Nc1ccc(Br)cc1. The zero-order chi connectivity index (χ0) is 21.3. The Morgan fingerprint density at radius 1 is 1.03 bits per heavy atom. The van der Waals surface area contributed by atoms with Crippen molar-refractivity contribution < 1.29 is 4.79 Å². The van der Waals surface area contributed by atoms with Crippen molar-refractivity contribution in [3.63, 3.8) is 0 Å². The first-order valence-corrected chi connectivity index (χ1v) is 12.3. The lowest BCUT2D eigenvalue weighted by atomic mass is 10.3. The molecule has 0 spiro atoms. The van der Waals surface area contributed by atoms with Crippen LogP contribution in [0.1, 0.15) is 13.8 Å². The fourth-order valence-electron chi connectivity index (χ4n) is 3.18. The molecule has 0 radical (unpaired) electrons. The number of anilines is 1. The molecule has 30 heavy (non-hydrogen) atoms. The summed E-state index contributed by atoms with van der Waals surface area (Å²) in [6.07, 6.45) is 3.91. The molecule has 1 amide bonds. The van der Waals surface area contributed by atoms with Crippen LogP contribution < -0.4 is 4.90 Å². The highest BCUT2D eigenvalue weighted by atomic mass is 79.9. The summed E-state index contributed by atoms with van der Waals surface area (Å²) < 4.78 is 0.998. The predicted octanol–water partition coefficient (Wildman–Crippen LogP) is 7.04. The van der Waals surface area contributed by atoms with Gasteiger partial charge in [-0.2, -0.15) is 0 Å². The molecule has 4 nitrogen and oxygen atoms in total. The van der Waals surface area contributed by atoms with Gasteiger partial charge in [0.25, 0.3) is 5.91 Å². The highest BCUT2D eigenvalue weighted by Gasteiger charge is 2.32. The predicted molar refractivity (Wildman–Crippen MR) is 133 cm³/mol. The number of fused-ring (bicyclic) bond motifs is 1. The standard InChI is InChI=1S/C22H19BrClN3OS2/c1-3-26-17-13-15(24)7-10-18(17)29-20(26)12-11-19-21(28)27(4-2)22(30-19)25-16-8-5-14(23)6-9-16/h5-13H,3-4H2,1-2H3. The van der Waals surface area contributed by atoms with Crippen molar-refractivity contribution in [2.45, 2.75) is 18.7 Å². The van der Waals surface area contributed by atoms with Gasteiger partial charge in [0.2, 0.25) is 0 Å². The minimum absolute atomic E-state index is 0.0122. The van der Waals surface area contributed by atoms with Crippen molar-refractivity contribution in [2.75, 3.05) is 18.0 Å². The second-order valence-corrected chi connectivity index (χ2v) is 9.94. The van der Waals surface area contributed by atoms with Crippen LogP contribution in [0.4, 0.5) is 11.4 Å². The lowest BCUT2D eigenvalue weighted by Gasteiger charge is -2.17. The van der Waals surface area contributed by atoms with E-state index in [9.17, 15) is 4.79 Å². The minimum atomic E-state index is -0.0122. The maximum Gasteiger partial charge on any atom is 0.266 e. The third-order valence-corrected chi connectivity index (χ3v) is 7.56. The maximum atomic E-state index is 12.9. The summed E-state index contributed by atoms with van der Waals surface area (Å²) in [5, 5.41) is 2.51. The van der Waals surface area contributed by atoms with E-state index in [1.807, 2.05) is 61.5 Å². The number of carbonyl (C=O) groups excluding carboxylic acids is 1. The number of halogens is 2. The Morgan fingerprint density at radius 2 is 1.77 bits per heavy atom. The van der Waals surface area contributed by atoms with Crippen LogP contribution >= 0.6 is 51.1 Å². The molecule has 2 aliphatic rings. The van der Waals surface area contributed by atoms with Crippen LogP contribution in [-0.4, -0.2) is 29.1 Å². The minimum Gasteiger partial charge on any atom is -0.335 e. The van der Waals surface area contributed by atoms with Crippen LogP contribution in [0.2, 0.25) is 5.02 Å². The van der Waals surface area contributed by atoms with E-state index in [0.29, 0.717) is 16.6 Å². The summed E-state index contributed by atoms with van der Waals surface area (Å²) in [6, 6.07) is 13.7. The molecule has 0 aliphatic carbocycles. The van der Waals surface area contributed by atoms with Gasteiger partial charge in [0.1, 0.15) is 0 Å². The van der Waals surface area contributed by atoms with Gasteiger partial charge in [-0.1, -0.05) is 39.3 Å². The Balaban J connectivity index is 1.61. The smallest absolute Gasteiger partial charge is 0.266 e. The number of carbonyl (C=O) groups is 1. The van der Waals surface area contributed by atoms with Gasteiger partial charge >= 0.3 is 0 Å². The highest BCUT2D eigenvalue weighted by Crippen LogP contribution is 2.47. The average molecular weight is 521 g/mol. The van der Waals surface area contributed by atoms with Gasteiger partial charge in [-0.15, -0.1) is 0 Å². The van der Waals surface area contributed by atoms with Gasteiger partial charge in [-0.05, 0) is 80.2 Å². The molecule has 2 aliphatic heterocycles. The molecule has 0 aromatic heterocycles. The van der Waals surface area contributed by atoms with Crippen molar-refractivity contribution in [3.8, 4) is 0 Å². The van der Waals surface area contributed by atoms with Gasteiger partial charge in [-0.25, -0.2) is 4.99 Å². The van der Waals surface area contributed by atoms with Crippen molar-refractivity contribution in [3.05, 3.63) is 74.0 Å². The first-order valence-electron chi connectivity index (χ1n) is 9.51. The van der Waals surface area contributed by atoms with Crippen LogP contribution in [0.3, 0.4) is 0 Å². The van der Waals surface area contributed by atoms with E-state index >= 15 is 0 Å². The molecule has 0 unspecified atom stereocenters. The molecule has 0 N–H and O–H groups in total. The number of likely N-dealkylation sites (N-methyl/N-ethyl adjacent to an activating group) is 1. The van der Waals surface area contributed by atoms with E-state index in [1.54, 1.807) is 16.7 Å². The van der Waals surface area contributed by atoms with Gasteiger partial charge in [0.05, 0.1) is 21.3 Å². The largest absolute Gasteiger partial charge is 0.335 e. The number of allylic oxidation sites excluding steroid dienone is 2. The Bertz CT molecular complexity index is 1080. The van der Waals surface area contributed by atoms with Crippen molar-refractivity contribution in [2.24, 2.45) is 4.99 Å². The third-order valence-electron chi connectivity index (χ3n) is 4.64. The number of amides is 1. The number of thioether (sulfide) groups is 2. The topological polar surface area (TPSA) is 35.9 Å². The Labute approximate surface area is 198 Å². The summed E-state index contributed by atoms with van der Waals surface area (Å²) in [5.74, 6) is -0.0122. The van der Waals surface area contributed by atoms with Gasteiger partial charge < -0.3 is 4.90 Å². The van der Waals surface area contributed by atoms with E-state index in [-0.39, 0.29) is 5.91 Å². The molecule has 0 atom stereocenters. The molecule has 1 fully saturated rings. The van der Waals surface area contributed by atoms with Gasteiger partial charge in [0.15, 0.2) is 5.17 Å². The van der Waals surface area contributed by atoms with E-state index < -0.39 is 0 Å². The lowest BCUT2D eigenvalue weighted by molar-refractivity contribution is -0.122. The second kappa shape index (κ2) is 9.22. The summed E-state index contributed by atoms with van der Waals surface area (Å²) in [4.78, 5) is 23.3. The Morgan fingerprint density at radius 3 is 2.47 bits per heavy atom. The van der Waals surface area contributed by atoms with Crippen LogP contribution in [0.25, 0.3) is 0 Å².